The molecule has 0 saturated carbocycles. The summed E-state index contributed by atoms with van der Waals surface area (Å²) < 4.78 is 1.78. The average molecular weight is 421 g/mol. The third-order valence-corrected chi connectivity index (χ3v) is 4.68. The zero-order chi connectivity index (χ0) is 23.1. The van der Waals surface area contributed by atoms with Crippen LogP contribution in [-0.2, 0) is 6.54 Å². The number of hydrogen-bond donors (Lipinski definition) is 2. The lowest BCUT2D eigenvalue weighted by atomic mass is 9.93. The second-order valence-corrected chi connectivity index (χ2v) is 10.0. The van der Waals surface area contributed by atoms with Gasteiger partial charge >= 0.3 is 0 Å². The Hall–Kier alpha value is -2.15. The van der Waals surface area contributed by atoms with E-state index in [1.54, 1.807) is 17.0 Å². The van der Waals surface area contributed by atoms with Crippen LogP contribution in [0.5, 0.6) is 0 Å². The lowest BCUT2D eigenvalue weighted by molar-refractivity contribution is 0.0927. The van der Waals surface area contributed by atoms with Gasteiger partial charge in [0, 0.05) is 38.6 Å². The van der Waals surface area contributed by atoms with Crippen LogP contribution >= 0.6 is 0 Å². The van der Waals surface area contributed by atoms with Crippen LogP contribution in [0.2, 0.25) is 0 Å². The maximum Gasteiger partial charge on any atom is 0.256 e. The molecule has 1 aromatic heterocycles. The molecule has 0 aliphatic heterocycles. The maximum absolute atomic E-state index is 12.9. The van der Waals surface area contributed by atoms with Gasteiger partial charge in [0.25, 0.3) is 11.8 Å². The summed E-state index contributed by atoms with van der Waals surface area (Å²) in [5, 5.41) is 5.67. The van der Waals surface area contributed by atoms with Crippen molar-refractivity contribution < 1.29 is 9.59 Å². The van der Waals surface area contributed by atoms with Crippen molar-refractivity contribution in [3.05, 3.63) is 33.7 Å². The van der Waals surface area contributed by atoms with Crippen LogP contribution in [-0.4, -0.2) is 55.0 Å². The van der Waals surface area contributed by atoms with E-state index in [0.717, 1.165) is 13.0 Å². The number of rotatable bonds is 11. The van der Waals surface area contributed by atoms with Gasteiger partial charge in [-0.3, -0.25) is 14.4 Å². The summed E-state index contributed by atoms with van der Waals surface area (Å²) in [6, 6.07) is 0. The molecule has 0 saturated heterocycles. The first-order valence-electron chi connectivity index (χ1n) is 10.8. The molecular weight excluding hydrogens is 380 g/mol. The molecule has 2 amide bonds. The Balaban J connectivity index is 3.16. The number of aromatic nitrogens is 1. The molecule has 0 bridgehead atoms. The van der Waals surface area contributed by atoms with Crippen molar-refractivity contribution in [2.24, 2.45) is 17.3 Å². The van der Waals surface area contributed by atoms with Crippen molar-refractivity contribution in [3.8, 4) is 0 Å². The molecule has 7 nitrogen and oxygen atoms in total. The highest BCUT2D eigenvalue weighted by Crippen LogP contribution is 2.14. The molecule has 2 N–H and O–H groups in total. The van der Waals surface area contributed by atoms with E-state index < -0.39 is 17.2 Å². The van der Waals surface area contributed by atoms with Crippen LogP contribution in [0.15, 0.2) is 17.2 Å². The smallest absolute Gasteiger partial charge is 0.256 e. The predicted molar refractivity (Wildman–Crippen MR) is 122 cm³/mol. The summed E-state index contributed by atoms with van der Waals surface area (Å²) in [5.41, 5.74) is -0.654. The van der Waals surface area contributed by atoms with Gasteiger partial charge in [-0.25, -0.2) is 0 Å². The van der Waals surface area contributed by atoms with Crippen molar-refractivity contribution in [2.45, 2.75) is 54.5 Å². The van der Waals surface area contributed by atoms with Gasteiger partial charge < -0.3 is 20.1 Å². The number of amides is 2. The summed E-state index contributed by atoms with van der Waals surface area (Å²) >= 11 is 0. The third kappa shape index (κ3) is 8.69. The molecule has 1 aromatic rings. The van der Waals surface area contributed by atoms with Crippen LogP contribution in [0.4, 0.5) is 0 Å². The second kappa shape index (κ2) is 11.3. The van der Waals surface area contributed by atoms with Crippen molar-refractivity contribution >= 4 is 11.8 Å². The second-order valence-electron chi connectivity index (χ2n) is 10.0. The quantitative estimate of drug-likeness (QED) is 0.576. The summed E-state index contributed by atoms with van der Waals surface area (Å²) in [5.74, 6) is -0.146. The highest BCUT2D eigenvalue weighted by atomic mass is 16.2. The first-order valence-corrected chi connectivity index (χ1v) is 10.8. The number of nitrogens with zero attached hydrogens (tertiary/aromatic N) is 2. The van der Waals surface area contributed by atoms with E-state index in [1.807, 2.05) is 27.9 Å². The van der Waals surface area contributed by atoms with Gasteiger partial charge in [0.2, 0.25) is 5.43 Å². The molecule has 7 heteroatoms. The minimum absolute atomic E-state index is 0.0107. The van der Waals surface area contributed by atoms with E-state index in [-0.39, 0.29) is 22.5 Å². The number of hydrogen-bond acceptors (Lipinski definition) is 4. The minimum atomic E-state index is -0.528. The van der Waals surface area contributed by atoms with Crippen molar-refractivity contribution in [1.82, 2.24) is 20.1 Å². The van der Waals surface area contributed by atoms with Gasteiger partial charge in [-0.05, 0) is 37.8 Å². The first-order chi connectivity index (χ1) is 13.8. The van der Waals surface area contributed by atoms with Crippen molar-refractivity contribution in [2.75, 3.05) is 33.7 Å². The third-order valence-electron chi connectivity index (χ3n) is 4.68. The molecule has 1 rings (SSSR count). The van der Waals surface area contributed by atoms with Crippen LogP contribution in [0.3, 0.4) is 0 Å². The Morgan fingerprint density at radius 1 is 1.00 bits per heavy atom. The fourth-order valence-corrected chi connectivity index (χ4v) is 3.21. The lowest BCUT2D eigenvalue weighted by Crippen LogP contribution is -2.42. The molecular formula is C23H40N4O3. The molecule has 0 aromatic carbocycles. The molecule has 0 aliphatic rings. The number of aryl methyl sites for hydroxylation is 1. The van der Waals surface area contributed by atoms with Crippen LogP contribution in [0.25, 0.3) is 0 Å². The molecule has 0 atom stereocenters. The average Bonchev–Trinajstić information content (AvgIpc) is 2.62. The number of pyridine rings is 1. The SMILES string of the molecule is CC(C)CCn1cc(C(=O)NCC(C)C)c(=O)c(C(=O)NCC(C)(C)CN(C)C)c1. The normalized spacial score (nSPS) is 12.0. The molecule has 0 fully saturated rings. The van der Waals surface area contributed by atoms with E-state index in [2.05, 4.69) is 43.2 Å². The van der Waals surface area contributed by atoms with Gasteiger partial charge in [0.05, 0.1) is 0 Å². The molecule has 170 valence electrons. The van der Waals surface area contributed by atoms with Crippen molar-refractivity contribution in [1.29, 1.82) is 0 Å². The summed E-state index contributed by atoms with van der Waals surface area (Å²) in [7, 11) is 3.96. The Labute approximate surface area is 181 Å². The van der Waals surface area contributed by atoms with Gasteiger partial charge in [0.1, 0.15) is 11.1 Å². The van der Waals surface area contributed by atoms with Gasteiger partial charge in [0.15, 0.2) is 0 Å². The van der Waals surface area contributed by atoms with E-state index in [9.17, 15) is 14.4 Å². The van der Waals surface area contributed by atoms with Crippen molar-refractivity contribution in [3.63, 3.8) is 0 Å². The largest absolute Gasteiger partial charge is 0.352 e. The molecule has 0 radical (unpaired) electrons. The van der Waals surface area contributed by atoms with E-state index in [1.165, 1.54) is 0 Å². The van der Waals surface area contributed by atoms with Gasteiger partial charge in [-0.2, -0.15) is 0 Å². The topological polar surface area (TPSA) is 83.4 Å². The van der Waals surface area contributed by atoms with Crippen LogP contribution in [0.1, 0.15) is 68.7 Å². The number of carbonyl (C=O) groups is 2. The molecule has 1 heterocycles. The zero-order valence-corrected chi connectivity index (χ0v) is 20.0. The maximum atomic E-state index is 12.9. The Kier molecular flexibility index (Phi) is 9.75. The highest BCUT2D eigenvalue weighted by Gasteiger charge is 2.23. The molecule has 0 spiro atoms. The molecule has 30 heavy (non-hydrogen) atoms. The lowest BCUT2D eigenvalue weighted by Gasteiger charge is -2.28. The minimum Gasteiger partial charge on any atom is -0.352 e. The fraction of sp³-hybridized carbons (Fsp3) is 0.696. The van der Waals surface area contributed by atoms with E-state index >= 15 is 0 Å². The Morgan fingerprint density at radius 3 is 2.00 bits per heavy atom. The standard InChI is InChI=1S/C23H40N4O3/c1-16(2)9-10-27-12-18(21(29)24-11-17(3)4)20(28)19(13-27)22(30)25-14-23(5,6)15-26(7)8/h12-13,16-17H,9-11,14-15H2,1-8H3,(H,24,29)(H,25,30). The molecule has 0 aliphatic carbocycles. The van der Waals surface area contributed by atoms with Crippen LogP contribution < -0.4 is 16.1 Å². The first kappa shape index (κ1) is 25.9. The van der Waals surface area contributed by atoms with Gasteiger partial charge in [-0.15, -0.1) is 0 Å². The number of carbonyl (C=O) groups excluding carboxylic acids is 2. The summed E-state index contributed by atoms with van der Waals surface area (Å²) in [6.07, 6.45) is 4.01. The fourth-order valence-electron chi connectivity index (χ4n) is 3.21. The zero-order valence-electron chi connectivity index (χ0n) is 20.0. The molecule has 0 unspecified atom stereocenters. The summed E-state index contributed by atoms with van der Waals surface area (Å²) in [6.45, 7) is 14.6. The van der Waals surface area contributed by atoms with Crippen LogP contribution in [0, 0.1) is 17.3 Å². The Bertz CT molecular complexity index is 779. The summed E-state index contributed by atoms with van der Waals surface area (Å²) in [4.78, 5) is 40.5. The Morgan fingerprint density at radius 2 is 1.53 bits per heavy atom. The number of nitrogens with one attached hydrogen (secondary N) is 2. The predicted octanol–water partition coefficient (Wildman–Crippen LogP) is 2.60. The van der Waals surface area contributed by atoms with E-state index in [0.29, 0.717) is 25.6 Å². The monoisotopic (exact) mass is 420 g/mol. The van der Waals surface area contributed by atoms with Gasteiger partial charge in [-0.1, -0.05) is 41.5 Å². The van der Waals surface area contributed by atoms with E-state index in [4.69, 9.17) is 0 Å². The highest BCUT2D eigenvalue weighted by molar-refractivity contribution is 5.99.